The van der Waals surface area contributed by atoms with Gasteiger partial charge in [-0.2, -0.15) is 0 Å². The second-order valence-electron chi connectivity index (χ2n) is 8.95. The van der Waals surface area contributed by atoms with E-state index in [0.29, 0.717) is 37.4 Å². The molecule has 2 aromatic rings. The molecule has 2 amide bonds. The van der Waals surface area contributed by atoms with Gasteiger partial charge in [0.15, 0.2) is 0 Å². The molecule has 2 unspecified atom stereocenters. The van der Waals surface area contributed by atoms with Gasteiger partial charge in [0.2, 0.25) is 11.8 Å². The van der Waals surface area contributed by atoms with E-state index < -0.39 is 18.0 Å². The molecular formula is C27H36FN3O4. The molecule has 0 radical (unpaired) electrons. The number of fused-ring (bicyclic) bond motifs is 2. The number of aliphatic hydroxyl groups excluding tert-OH is 1. The summed E-state index contributed by atoms with van der Waals surface area (Å²) in [6, 6.07) is 12.0. The lowest BCUT2D eigenvalue weighted by atomic mass is 10.00. The average Bonchev–Trinajstić information content (AvgIpc) is 2.83. The Kier molecular flexibility index (Phi) is 10.5. The summed E-state index contributed by atoms with van der Waals surface area (Å²) in [5.74, 6) is -0.544. The largest absolute Gasteiger partial charge is 0.493 e. The Morgan fingerprint density at radius 1 is 1.11 bits per heavy atom. The minimum atomic E-state index is -0.923. The first-order valence-corrected chi connectivity index (χ1v) is 12.4. The lowest BCUT2D eigenvalue weighted by molar-refractivity contribution is -0.127. The molecule has 8 heteroatoms. The second-order valence-corrected chi connectivity index (χ2v) is 8.95. The Hall–Kier alpha value is -2.97. The Bertz CT molecular complexity index is 985. The molecule has 4 N–H and O–H groups in total. The van der Waals surface area contributed by atoms with Gasteiger partial charge in [0, 0.05) is 38.5 Å². The third kappa shape index (κ3) is 9.30. The van der Waals surface area contributed by atoms with Gasteiger partial charge in [-0.25, -0.2) is 4.39 Å². The summed E-state index contributed by atoms with van der Waals surface area (Å²) in [4.78, 5) is 24.6. The van der Waals surface area contributed by atoms with Gasteiger partial charge in [0.05, 0.1) is 18.8 Å². The summed E-state index contributed by atoms with van der Waals surface area (Å²) >= 11 is 0. The highest BCUT2D eigenvalue weighted by Crippen LogP contribution is 2.19. The van der Waals surface area contributed by atoms with Crippen LogP contribution < -0.4 is 20.7 Å². The molecule has 0 saturated heterocycles. The van der Waals surface area contributed by atoms with Crippen molar-refractivity contribution in [1.29, 1.82) is 0 Å². The molecule has 7 nitrogen and oxygen atoms in total. The fraction of sp³-hybridized carbons (Fsp3) is 0.481. The number of carbonyl (C=O) groups is 2. The fourth-order valence-electron chi connectivity index (χ4n) is 4.06. The summed E-state index contributed by atoms with van der Waals surface area (Å²) in [5.41, 5.74) is 2.96. The van der Waals surface area contributed by atoms with Crippen molar-refractivity contribution in [3.05, 3.63) is 65.0 Å². The molecule has 2 atom stereocenters. The monoisotopic (exact) mass is 485 g/mol. The Labute approximate surface area is 206 Å². The van der Waals surface area contributed by atoms with Gasteiger partial charge >= 0.3 is 0 Å². The molecule has 0 aliphatic carbocycles. The van der Waals surface area contributed by atoms with E-state index in [1.807, 2.05) is 12.1 Å². The number of nitrogens with one attached hydrogen (secondary N) is 3. The Balaban J connectivity index is 1.70. The quantitative estimate of drug-likeness (QED) is 0.504. The standard InChI is InChI=1S/C27H36FN3O4/c1-2-19-6-5-7-20(12-19)17-29-18-25(32)24-15-21-13-22(28)16-23(14-21)35-11-4-3-10-30-26(33)8-9-27(34)31-24/h5-7,12-14,16,24-25,29,32H,2-4,8-11,15,17-18H2,1H3,(H,30,33)(H,31,34). The summed E-state index contributed by atoms with van der Waals surface area (Å²) in [6.45, 7) is 3.81. The maximum Gasteiger partial charge on any atom is 0.220 e. The number of amides is 2. The minimum Gasteiger partial charge on any atom is -0.493 e. The van der Waals surface area contributed by atoms with Gasteiger partial charge in [-0.05, 0) is 54.5 Å². The lowest BCUT2D eigenvalue weighted by Gasteiger charge is -2.25. The molecule has 0 spiro atoms. The highest BCUT2D eigenvalue weighted by Gasteiger charge is 2.23. The van der Waals surface area contributed by atoms with Crippen molar-refractivity contribution in [2.24, 2.45) is 0 Å². The normalized spacial score (nSPS) is 18.8. The number of ether oxygens (including phenoxy) is 1. The zero-order valence-electron chi connectivity index (χ0n) is 20.3. The second kappa shape index (κ2) is 13.8. The predicted molar refractivity (Wildman–Crippen MR) is 133 cm³/mol. The van der Waals surface area contributed by atoms with Crippen molar-refractivity contribution in [2.45, 2.75) is 64.1 Å². The molecule has 0 saturated carbocycles. The van der Waals surface area contributed by atoms with Crippen LogP contribution in [0.4, 0.5) is 4.39 Å². The van der Waals surface area contributed by atoms with E-state index in [2.05, 4.69) is 35.0 Å². The van der Waals surface area contributed by atoms with Crippen LogP contribution in [0.3, 0.4) is 0 Å². The van der Waals surface area contributed by atoms with Crippen LogP contribution in [0, 0.1) is 5.82 Å². The van der Waals surface area contributed by atoms with Crippen LogP contribution in [-0.2, 0) is 29.0 Å². The summed E-state index contributed by atoms with van der Waals surface area (Å²) in [6.07, 6.45) is 1.77. The smallest absolute Gasteiger partial charge is 0.220 e. The van der Waals surface area contributed by atoms with Crippen LogP contribution in [0.5, 0.6) is 5.75 Å². The number of carbonyl (C=O) groups excluding carboxylic acids is 2. The van der Waals surface area contributed by atoms with Crippen molar-refractivity contribution < 1.29 is 23.8 Å². The summed E-state index contributed by atoms with van der Waals surface area (Å²) in [7, 11) is 0. The van der Waals surface area contributed by atoms with Crippen molar-refractivity contribution in [3.63, 3.8) is 0 Å². The van der Waals surface area contributed by atoms with Crippen LogP contribution in [0.25, 0.3) is 0 Å². The van der Waals surface area contributed by atoms with Crippen molar-refractivity contribution in [3.8, 4) is 5.75 Å². The number of halogens is 1. The molecule has 1 aliphatic rings. The number of rotatable bonds is 6. The van der Waals surface area contributed by atoms with Crippen LogP contribution in [-0.4, -0.2) is 48.8 Å². The predicted octanol–water partition coefficient (Wildman–Crippen LogP) is 2.64. The number of aryl methyl sites for hydroxylation is 1. The highest BCUT2D eigenvalue weighted by atomic mass is 19.1. The maximum atomic E-state index is 14.3. The molecule has 1 heterocycles. The van der Waals surface area contributed by atoms with E-state index in [1.54, 1.807) is 6.07 Å². The molecule has 1 aliphatic heterocycles. The molecule has 0 aromatic heterocycles. The number of benzene rings is 2. The first-order valence-electron chi connectivity index (χ1n) is 12.4. The molecule has 2 bridgehead atoms. The average molecular weight is 486 g/mol. The SMILES string of the molecule is CCc1cccc(CNCC(O)C2Cc3cc(F)cc(c3)OCCCCNC(=O)CCC(=O)N2)c1. The third-order valence-corrected chi connectivity index (χ3v) is 6.02. The van der Waals surface area contributed by atoms with Crippen molar-refractivity contribution in [2.75, 3.05) is 19.7 Å². The molecule has 35 heavy (non-hydrogen) atoms. The first-order chi connectivity index (χ1) is 16.9. The highest BCUT2D eigenvalue weighted by molar-refractivity contribution is 5.83. The third-order valence-electron chi connectivity index (χ3n) is 6.02. The van der Waals surface area contributed by atoms with E-state index in [9.17, 15) is 19.1 Å². The van der Waals surface area contributed by atoms with E-state index in [1.165, 1.54) is 17.7 Å². The van der Waals surface area contributed by atoms with Crippen LogP contribution >= 0.6 is 0 Å². The number of hydrogen-bond acceptors (Lipinski definition) is 5. The van der Waals surface area contributed by atoms with Gasteiger partial charge in [-0.1, -0.05) is 31.2 Å². The van der Waals surface area contributed by atoms with E-state index in [0.717, 1.165) is 18.4 Å². The fourth-order valence-corrected chi connectivity index (χ4v) is 4.06. The first kappa shape index (κ1) is 26.6. The Morgan fingerprint density at radius 2 is 1.91 bits per heavy atom. The zero-order chi connectivity index (χ0) is 25.0. The topological polar surface area (TPSA) is 99.7 Å². The van der Waals surface area contributed by atoms with Crippen LogP contribution in [0.1, 0.15) is 49.3 Å². The number of hydrogen-bond donors (Lipinski definition) is 4. The van der Waals surface area contributed by atoms with Gasteiger partial charge in [0.1, 0.15) is 11.6 Å². The molecular weight excluding hydrogens is 449 g/mol. The van der Waals surface area contributed by atoms with E-state index in [4.69, 9.17) is 4.74 Å². The van der Waals surface area contributed by atoms with Gasteiger partial charge < -0.3 is 25.8 Å². The summed E-state index contributed by atoms with van der Waals surface area (Å²) in [5, 5.41) is 19.8. The van der Waals surface area contributed by atoms with Crippen molar-refractivity contribution >= 4 is 11.8 Å². The Morgan fingerprint density at radius 3 is 2.74 bits per heavy atom. The maximum absolute atomic E-state index is 14.3. The van der Waals surface area contributed by atoms with Crippen LogP contribution in [0.15, 0.2) is 42.5 Å². The van der Waals surface area contributed by atoms with Crippen LogP contribution in [0.2, 0.25) is 0 Å². The molecule has 190 valence electrons. The van der Waals surface area contributed by atoms with Gasteiger partial charge in [-0.3, -0.25) is 9.59 Å². The van der Waals surface area contributed by atoms with E-state index >= 15 is 0 Å². The van der Waals surface area contributed by atoms with Gasteiger partial charge in [0.25, 0.3) is 0 Å². The summed E-state index contributed by atoms with van der Waals surface area (Å²) < 4.78 is 19.9. The number of aliphatic hydroxyl groups is 1. The van der Waals surface area contributed by atoms with Gasteiger partial charge in [-0.15, -0.1) is 0 Å². The minimum absolute atomic E-state index is 0.0177. The zero-order valence-corrected chi connectivity index (χ0v) is 20.3. The molecule has 0 fully saturated rings. The van der Waals surface area contributed by atoms with E-state index in [-0.39, 0.29) is 37.6 Å². The molecule has 2 aromatic carbocycles. The lowest BCUT2D eigenvalue weighted by Crippen LogP contribution is -2.48. The van der Waals surface area contributed by atoms with Crippen molar-refractivity contribution in [1.82, 2.24) is 16.0 Å². The molecule has 3 rings (SSSR count).